The number of fused-ring (bicyclic) bond motifs is 1. The lowest BCUT2D eigenvalue weighted by atomic mass is 10.1. The molecular formula is C17H12Cl2N2O2. The van der Waals surface area contributed by atoms with E-state index in [1.165, 1.54) is 12.1 Å². The van der Waals surface area contributed by atoms with Crippen molar-refractivity contribution in [3.63, 3.8) is 0 Å². The Balaban J connectivity index is 1.95. The van der Waals surface area contributed by atoms with Crippen molar-refractivity contribution in [2.24, 2.45) is 0 Å². The van der Waals surface area contributed by atoms with E-state index in [2.05, 4.69) is 10.3 Å². The van der Waals surface area contributed by atoms with E-state index in [0.717, 1.165) is 10.9 Å². The first-order valence-electron chi connectivity index (χ1n) is 6.84. The maximum Gasteiger partial charge on any atom is 0.257 e. The summed E-state index contributed by atoms with van der Waals surface area (Å²) in [5, 5.41) is 4.43. The highest BCUT2D eigenvalue weighted by atomic mass is 35.5. The normalized spacial score (nSPS) is 10.7. The summed E-state index contributed by atoms with van der Waals surface area (Å²) in [6, 6.07) is 11.5. The van der Waals surface area contributed by atoms with Crippen molar-refractivity contribution in [2.45, 2.75) is 6.92 Å². The van der Waals surface area contributed by atoms with Crippen LogP contribution >= 0.6 is 23.2 Å². The van der Waals surface area contributed by atoms with Gasteiger partial charge in [-0.1, -0.05) is 29.3 Å². The van der Waals surface area contributed by atoms with E-state index >= 15 is 0 Å². The molecule has 0 radical (unpaired) electrons. The first kappa shape index (κ1) is 15.6. The minimum atomic E-state index is -0.346. The summed E-state index contributed by atoms with van der Waals surface area (Å²) in [4.78, 5) is 26.6. The smallest absolute Gasteiger partial charge is 0.257 e. The predicted molar refractivity (Wildman–Crippen MR) is 93.7 cm³/mol. The monoisotopic (exact) mass is 346 g/mol. The summed E-state index contributed by atoms with van der Waals surface area (Å²) in [5.41, 5.74) is 2.25. The highest BCUT2D eigenvalue weighted by Crippen LogP contribution is 2.23. The Kier molecular flexibility index (Phi) is 4.11. The summed E-state index contributed by atoms with van der Waals surface area (Å²) in [6.45, 7) is 1.86. The molecule has 2 aromatic carbocycles. The van der Waals surface area contributed by atoms with Crippen LogP contribution < -0.4 is 10.9 Å². The highest BCUT2D eigenvalue weighted by molar-refractivity contribution is 6.37. The SMILES string of the molecule is Cc1cc(=O)[nH]c2cc(NC(=O)c3ccc(Cl)cc3Cl)ccc12. The van der Waals surface area contributed by atoms with Crippen LogP contribution in [0.2, 0.25) is 10.0 Å². The lowest BCUT2D eigenvalue weighted by Gasteiger charge is -2.09. The average molecular weight is 347 g/mol. The van der Waals surface area contributed by atoms with Crippen molar-refractivity contribution >= 4 is 45.7 Å². The van der Waals surface area contributed by atoms with Gasteiger partial charge in [-0.2, -0.15) is 0 Å². The maximum atomic E-state index is 12.3. The van der Waals surface area contributed by atoms with Crippen LogP contribution in [0.4, 0.5) is 5.69 Å². The number of halogens is 2. The molecule has 0 aliphatic rings. The van der Waals surface area contributed by atoms with Crippen molar-refractivity contribution in [2.75, 3.05) is 5.32 Å². The number of hydrogen-bond donors (Lipinski definition) is 2. The number of pyridine rings is 1. The Bertz CT molecular complexity index is 980. The summed E-state index contributed by atoms with van der Waals surface area (Å²) in [7, 11) is 0. The number of H-pyrrole nitrogens is 1. The largest absolute Gasteiger partial charge is 0.322 e. The maximum absolute atomic E-state index is 12.3. The molecule has 2 N–H and O–H groups in total. The fourth-order valence-corrected chi connectivity index (χ4v) is 2.88. The van der Waals surface area contributed by atoms with E-state index < -0.39 is 0 Å². The van der Waals surface area contributed by atoms with Crippen molar-refractivity contribution < 1.29 is 4.79 Å². The Labute approximate surface area is 142 Å². The zero-order valence-corrected chi connectivity index (χ0v) is 13.6. The van der Waals surface area contributed by atoms with Crippen molar-refractivity contribution in [1.29, 1.82) is 0 Å². The van der Waals surface area contributed by atoms with Crippen LogP contribution in [-0.2, 0) is 0 Å². The van der Waals surface area contributed by atoms with Crippen LogP contribution in [0, 0.1) is 6.92 Å². The third-order valence-corrected chi connectivity index (χ3v) is 4.03. The van der Waals surface area contributed by atoms with Crippen molar-refractivity contribution in [1.82, 2.24) is 4.98 Å². The second kappa shape index (κ2) is 6.07. The van der Waals surface area contributed by atoms with Crippen LogP contribution in [0.3, 0.4) is 0 Å². The number of anilines is 1. The molecule has 4 nitrogen and oxygen atoms in total. The van der Waals surface area contributed by atoms with Gasteiger partial charge >= 0.3 is 0 Å². The number of hydrogen-bond acceptors (Lipinski definition) is 2. The molecule has 1 aromatic heterocycles. The van der Waals surface area contributed by atoms with Gasteiger partial charge in [0.15, 0.2) is 0 Å². The van der Waals surface area contributed by atoms with Gasteiger partial charge in [-0.25, -0.2) is 0 Å². The first-order chi connectivity index (χ1) is 10.9. The summed E-state index contributed by atoms with van der Waals surface area (Å²) in [6.07, 6.45) is 0. The van der Waals surface area contributed by atoms with Gasteiger partial charge in [-0.3, -0.25) is 9.59 Å². The lowest BCUT2D eigenvalue weighted by molar-refractivity contribution is 0.102. The molecule has 0 spiro atoms. The molecule has 0 saturated heterocycles. The van der Waals surface area contributed by atoms with Gasteiger partial charge < -0.3 is 10.3 Å². The number of benzene rings is 2. The number of amides is 1. The molecule has 3 rings (SSSR count). The Morgan fingerprint density at radius 2 is 1.87 bits per heavy atom. The van der Waals surface area contributed by atoms with Crippen molar-refractivity contribution in [3.8, 4) is 0 Å². The van der Waals surface area contributed by atoms with Gasteiger partial charge in [0.2, 0.25) is 5.56 Å². The van der Waals surface area contributed by atoms with Gasteiger partial charge in [-0.05, 0) is 42.8 Å². The molecular weight excluding hydrogens is 335 g/mol. The molecule has 1 heterocycles. The topological polar surface area (TPSA) is 62.0 Å². The van der Waals surface area contributed by atoms with E-state index in [0.29, 0.717) is 21.8 Å². The number of nitrogens with one attached hydrogen (secondary N) is 2. The van der Waals surface area contributed by atoms with E-state index in [-0.39, 0.29) is 16.5 Å². The second-order valence-corrected chi connectivity index (χ2v) is 6.00. The molecule has 3 aromatic rings. The Morgan fingerprint density at radius 3 is 2.61 bits per heavy atom. The Hall–Kier alpha value is -2.30. The van der Waals surface area contributed by atoms with Crippen molar-refractivity contribution in [3.05, 3.63) is 74.0 Å². The third kappa shape index (κ3) is 3.23. The Morgan fingerprint density at radius 1 is 1.09 bits per heavy atom. The zero-order chi connectivity index (χ0) is 16.6. The first-order valence-corrected chi connectivity index (χ1v) is 7.60. The van der Waals surface area contributed by atoms with E-state index in [4.69, 9.17) is 23.2 Å². The summed E-state index contributed by atoms with van der Waals surface area (Å²) in [5.74, 6) is -0.346. The third-order valence-electron chi connectivity index (χ3n) is 3.48. The van der Waals surface area contributed by atoms with E-state index in [1.807, 2.05) is 13.0 Å². The number of aryl methyl sites for hydroxylation is 1. The molecule has 0 aliphatic heterocycles. The van der Waals surface area contributed by atoms with Gasteiger partial charge in [0.05, 0.1) is 16.1 Å². The molecule has 0 bridgehead atoms. The highest BCUT2D eigenvalue weighted by Gasteiger charge is 2.11. The quantitative estimate of drug-likeness (QED) is 0.722. The number of carbonyl (C=O) groups is 1. The van der Waals surface area contributed by atoms with Crippen LogP contribution in [0.5, 0.6) is 0 Å². The van der Waals surface area contributed by atoms with E-state index in [1.54, 1.807) is 24.3 Å². The van der Waals surface area contributed by atoms with Gasteiger partial charge in [0, 0.05) is 22.2 Å². The lowest BCUT2D eigenvalue weighted by Crippen LogP contribution is -2.13. The summed E-state index contributed by atoms with van der Waals surface area (Å²) >= 11 is 11.9. The molecule has 0 aliphatic carbocycles. The summed E-state index contributed by atoms with van der Waals surface area (Å²) < 4.78 is 0. The fourth-order valence-electron chi connectivity index (χ4n) is 2.38. The standard InChI is InChI=1S/C17H12Cl2N2O2/c1-9-6-16(22)21-15-8-11(3-5-12(9)15)20-17(23)13-4-2-10(18)7-14(13)19/h2-8H,1H3,(H,20,23)(H,21,22). The number of rotatable bonds is 2. The van der Waals surface area contributed by atoms with Crippen LogP contribution in [-0.4, -0.2) is 10.9 Å². The molecule has 0 atom stereocenters. The van der Waals surface area contributed by atoms with Crippen LogP contribution in [0.1, 0.15) is 15.9 Å². The van der Waals surface area contributed by atoms with Gasteiger partial charge in [-0.15, -0.1) is 0 Å². The fraction of sp³-hybridized carbons (Fsp3) is 0.0588. The zero-order valence-electron chi connectivity index (χ0n) is 12.1. The number of carbonyl (C=O) groups excluding carboxylic acids is 1. The van der Waals surface area contributed by atoms with Gasteiger partial charge in [0.25, 0.3) is 5.91 Å². The number of aromatic amines is 1. The van der Waals surface area contributed by atoms with Crippen LogP contribution in [0.25, 0.3) is 10.9 Å². The average Bonchev–Trinajstić information content (AvgIpc) is 2.46. The molecule has 23 heavy (non-hydrogen) atoms. The minimum absolute atomic E-state index is 0.181. The molecule has 116 valence electrons. The second-order valence-electron chi connectivity index (χ2n) is 5.16. The molecule has 0 unspecified atom stereocenters. The van der Waals surface area contributed by atoms with E-state index in [9.17, 15) is 9.59 Å². The molecule has 0 fully saturated rings. The van der Waals surface area contributed by atoms with Gasteiger partial charge in [0.1, 0.15) is 0 Å². The predicted octanol–water partition coefficient (Wildman–Crippen LogP) is 4.40. The van der Waals surface area contributed by atoms with Crippen LogP contribution in [0.15, 0.2) is 47.3 Å². The minimum Gasteiger partial charge on any atom is -0.322 e. The molecule has 1 amide bonds. The molecule has 0 saturated carbocycles. The number of aromatic nitrogens is 1. The molecule has 6 heteroatoms.